The molecule has 0 atom stereocenters. The normalized spacial score (nSPS) is 10.4. The second-order valence-electron chi connectivity index (χ2n) is 7.79. The highest BCUT2D eigenvalue weighted by atomic mass is 19.2. The van der Waals surface area contributed by atoms with Crippen molar-refractivity contribution >= 4 is 5.97 Å². The van der Waals surface area contributed by atoms with E-state index in [1.165, 1.54) is 36.4 Å². The fraction of sp³-hybridized carbons (Fsp3) is 0.250. The largest absolute Gasteiger partial charge is 0.490 e. The number of hydrogen-bond acceptors (Lipinski definition) is 3. The van der Waals surface area contributed by atoms with Gasteiger partial charge in [0.25, 0.3) is 0 Å². The van der Waals surface area contributed by atoms with E-state index in [0.717, 1.165) is 50.3 Å². The molecule has 3 aromatic carbocycles. The number of carbonyl (C=O) groups is 1. The quantitative estimate of drug-likeness (QED) is 0.106. The summed E-state index contributed by atoms with van der Waals surface area (Å²) in [6.07, 6.45) is 5.10. The van der Waals surface area contributed by atoms with E-state index in [2.05, 4.69) is 18.8 Å². The Labute approximate surface area is 201 Å². The summed E-state index contributed by atoms with van der Waals surface area (Å²) in [5.74, 6) is 0.0583. The monoisotopic (exact) mass is 484 g/mol. The molecule has 0 saturated carbocycles. The van der Waals surface area contributed by atoms with Gasteiger partial charge in [-0.3, -0.25) is 0 Å². The Morgan fingerprint density at radius 3 is 2.26 bits per heavy atom. The van der Waals surface area contributed by atoms with E-state index in [-0.39, 0.29) is 22.6 Å². The molecule has 0 fully saturated rings. The maximum atomic E-state index is 14.4. The van der Waals surface area contributed by atoms with Gasteiger partial charge in [-0.1, -0.05) is 44.4 Å². The zero-order chi connectivity index (χ0) is 25.2. The van der Waals surface area contributed by atoms with Crippen molar-refractivity contribution in [1.29, 1.82) is 0 Å². The lowest BCUT2D eigenvalue weighted by Gasteiger charge is -2.08. The summed E-state index contributed by atoms with van der Waals surface area (Å²) in [7, 11) is 0. The molecule has 35 heavy (non-hydrogen) atoms. The summed E-state index contributed by atoms with van der Waals surface area (Å²) in [5.41, 5.74) is 0.200. The van der Waals surface area contributed by atoms with Crippen LogP contribution in [0, 0.1) is 35.1 Å². The summed E-state index contributed by atoms with van der Waals surface area (Å²) in [6.45, 7) is 2.44. The molecule has 0 aliphatic heterocycles. The van der Waals surface area contributed by atoms with E-state index in [1.807, 2.05) is 0 Å². The standard InChI is InChI=1S/C28H24F4O3/c1-2-3-4-5-6-17-34-25-16-12-20(26(31)27(25)32)10-7-19-8-13-22(14-9-19)35-28(33)21-11-15-23(29)24(30)18-21/h8-9,11-16,18H,2-6,17H2,1H3. The van der Waals surface area contributed by atoms with E-state index in [9.17, 15) is 22.4 Å². The van der Waals surface area contributed by atoms with Crippen LogP contribution >= 0.6 is 0 Å². The predicted molar refractivity (Wildman–Crippen MR) is 124 cm³/mol. The summed E-state index contributed by atoms with van der Waals surface area (Å²) in [6, 6.07) is 11.3. The zero-order valence-corrected chi connectivity index (χ0v) is 19.2. The van der Waals surface area contributed by atoms with Gasteiger partial charge in [0, 0.05) is 5.56 Å². The molecule has 3 aromatic rings. The molecule has 0 radical (unpaired) electrons. The second kappa shape index (κ2) is 12.6. The Morgan fingerprint density at radius 2 is 1.54 bits per heavy atom. The lowest BCUT2D eigenvalue weighted by molar-refractivity contribution is 0.0734. The summed E-state index contributed by atoms with van der Waals surface area (Å²) in [4.78, 5) is 12.1. The van der Waals surface area contributed by atoms with E-state index in [1.54, 1.807) is 0 Å². The summed E-state index contributed by atoms with van der Waals surface area (Å²) < 4.78 is 65.5. The Kier molecular flexibility index (Phi) is 9.31. The summed E-state index contributed by atoms with van der Waals surface area (Å²) in [5, 5.41) is 0. The molecule has 0 aromatic heterocycles. The van der Waals surface area contributed by atoms with E-state index >= 15 is 0 Å². The number of halogens is 4. The molecule has 0 saturated heterocycles. The maximum Gasteiger partial charge on any atom is 0.343 e. The van der Waals surface area contributed by atoms with Gasteiger partial charge in [0.15, 0.2) is 23.2 Å². The smallest absolute Gasteiger partial charge is 0.343 e. The van der Waals surface area contributed by atoms with Gasteiger partial charge < -0.3 is 9.47 Å². The number of rotatable bonds is 9. The molecule has 0 aliphatic rings. The van der Waals surface area contributed by atoms with Gasteiger partial charge in [0.05, 0.1) is 17.7 Å². The maximum absolute atomic E-state index is 14.4. The van der Waals surface area contributed by atoms with Crippen molar-refractivity contribution in [3.05, 3.63) is 94.6 Å². The molecule has 0 unspecified atom stereocenters. The number of hydrogen-bond donors (Lipinski definition) is 0. The van der Waals surface area contributed by atoms with Crippen LogP contribution in [-0.4, -0.2) is 12.6 Å². The van der Waals surface area contributed by atoms with Crippen LogP contribution in [0.3, 0.4) is 0 Å². The average molecular weight is 484 g/mol. The number of esters is 1. The van der Waals surface area contributed by atoms with E-state index in [0.29, 0.717) is 12.2 Å². The average Bonchev–Trinajstić information content (AvgIpc) is 2.85. The third-order valence-corrected chi connectivity index (χ3v) is 5.11. The van der Waals surface area contributed by atoms with Crippen LogP contribution in [0.25, 0.3) is 0 Å². The molecule has 3 rings (SSSR count). The molecule has 0 N–H and O–H groups in total. The van der Waals surface area contributed by atoms with Gasteiger partial charge in [0.2, 0.25) is 5.82 Å². The predicted octanol–water partition coefficient (Wildman–Crippen LogP) is 7.21. The van der Waals surface area contributed by atoms with Crippen LogP contribution in [-0.2, 0) is 0 Å². The molecule has 7 heteroatoms. The Bertz CT molecular complexity index is 1230. The van der Waals surface area contributed by atoms with Gasteiger partial charge in [0.1, 0.15) is 5.75 Å². The molecular weight excluding hydrogens is 460 g/mol. The van der Waals surface area contributed by atoms with Gasteiger partial charge in [-0.25, -0.2) is 18.0 Å². The minimum absolute atomic E-state index is 0.119. The Hall–Kier alpha value is -3.79. The lowest BCUT2D eigenvalue weighted by Crippen LogP contribution is -2.09. The third-order valence-electron chi connectivity index (χ3n) is 5.11. The van der Waals surface area contributed by atoms with Crippen molar-refractivity contribution in [2.75, 3.05) is 6.61 Å². The van der Waals surface area contributed by atoms with E-state index < -0.39 is 29.2 Å². The minimum atomic E-state index is -1.16. The first-order valence-electron chi connectivity index (χ1n) is 11.3. The van der Waals surface area contributed by atoms with Crippen LogP contribution in [0.2, 0.25) is 0 Å². The van der Waals surface area contributed by atoms with Crippen molar-refractivity contribution in [1.82, 2.24) is 0 Å². The van der Waals surface area contributed by atoms with Crippen molar-refractivity contribution in [2.45, 2.75) is 39.0 Å². The van der Waals surface area contributed by atoms with Crippen LogP contribution in [0.5, 0.6) is 11.5 Å². The molecule has 0 spiro atoms. The summed E-state index contributed by atoms with van der Waals surface area (Å²) >= 11 is 0. The van der Waals surface area contributed by atoms with Gasteiger partial charge in [-0.15, -0.1) is 0 Å². The zero-order valence-electron chi connectivity index (χ0n) is 19.2. The van der Waals surface area contributed by atoms with Crippen molar-refractivity contribution in [3.63, 3.8) is 0 Å². The number of benzene rings is 3. The molecule has 0 bridgehead atoms. The molecule has 3 nitrogen and oxygen atoms in total. The second-order valence-corrected chi connectivity index (χ2v) is 7.79. The van der Waals surface area contributed by atoms with Crippen molar-refractivity contribution in [3.8, 4) is 23.3 Å². The molecule has 182 valence electrons. The van der Waals surface area contributed by atoms with Crippen LogP contribution in [0.4, 0.5) is 17.6 Å². The van der Waals surface area contributed by atoms with E-state index in [4.69, 9.17) is 9.47 Å². The first kappa shape index (κ1) is 25.8. The van der Waals surface area contributed by atoms with Crippen LogP contribution < -0.4 is 9.47 Å². The number of carbonyl (C=O) groups excluding carboxylic acids is 1. The first-order chi connectivity index (χ1) is 16.9. The van der Waals surface area contributed by atoms with Gasteiger partial charge in [-0.2, -0.15) is 4.39 Å². The SMILES string of the molecule is CCCCCCCOc1ccc(C#Cc2ccc(OC(=O)c3ccc(F)c(F)c3)cc2)c(F)c1F. The number of unbranched alkanes of at least 4 members (excludes halogenated alkanes) is 4. The van der Waals surface area contributed by atoms with Gasteiger partial charge in [-0.05, 0) is 61.0 Å². The lowest BCUT2D eigenvalue weighted by atomic mass is 10.1. The topological polar surface area (TPSA) is 35.5 Å². The van der Waals surface area contributed by atoms with Crippen molar-refractivity contribution < 1.29 is 31.8 Å². The van der Waals surface area contributed by atoms with Gasteiger partial charge >= 0.3 is 5.97 Å². The third kappa shape index (κ3) is 7.35. The Balaban J connectivity index is 1.60. The van der Waals surface area contributed by atoms with Crippen LogP contribution in [0.1, 0.15) is 60.5 Å². The molecule has 0 amide bonds. The van der Waals surface area contributed by atoms with Crippen molar-refractivity contribution in [2.24, 2.45) is 0 Å². The molecule has 0 heterocycles. The highest BCUT2D eigenvalue weighted by Gasteiger charge is 2.14. The highest BCUT2D eigenvalue weighted by Crippen LogP contribution is 2.23. The fourth-order valence-electron chi connectivity index (χ4n) is 3.16. The minimum Gasteiger partial charge on any atom is -0.490 e. The number of ether oxygens (including phenoxy) is 2. The molecular formula is C28H24F4O3. The molecule has 0 aliphatic carbocycles. The van der Waals surface area contributed by atoms with Crippen LogP contribution in [0.15, 0.2) is 54.6 Å². The fourth-order valence-corrected chi connectivity index (χ4v) is 3.16. The Morgan fingerprint density at radius 1 is 0.800 bits per heavy atom. The highest BCUT2D eigenvalue weighted by molar-refractivity contribution is 5.91. The first-order valence-corrected chi connectivity index (χ1v) is 11.3.